The molecule has 27 heavy (non-hydrogen) atoms. The molecule has 0 bridgehead atoms. The number of nitrogens with zero attached hydrogens (tertiary/aromatic N) is 2. The van der Waals surface area contributed by atoms with Gasteiger partial charge in [0, 0.05) is 37.6 Å². The molecule has 1 aliphatic rings. The molecule has 3 rings (SSSR count). The van der Waals surface area contributed by atoms with Crippen LogP contribution in [0.5, 0.6) is 0 Å². The van der Waals surface area contributed by atoms with Crippen LogP contribution in [0, 0.1) is 27.7 Å². The number of hydrogen-bond acceptors (Lipinski definition) is 3. The first-order valence-electron chi connectivity index (χ1n) is 9.36. The molecule has 0 atom stereocenters. The number of para-hydroxylation sites is 1. The van der Waals surface area contributed by atoms with Crippen molar-refractivity contribution < 1.29 is 9.59 Å². The van der Waals surface area contributed by atoms with E-state index in [4.69, 9.17) is 0 Å². The van der Waals surface area contributed by atoms with Gasteiger partial charge < -0.3 is 15.1 Å². The summed E-state index contributed by atoms with van der Waals surface area (Å²) in [5, 5.41) is 2.79. The molecule has 1 fully saturated rings. The lowest BCUT2D eigenvalue weighted by Crippen LogP contribution is -2.51. The van der Waals surface area contributed by atoms with Crippen LogP contribution in [0.1, 0.15) is 22.3 Å². The van der Waals surface area contributed by atoms with Crippen molar-refractivity contribution in [3.05, 3.63) is 58.7 Å². The third kappa shape index (κ3) is 3.97. The quantitative estimate of drug-likeness (QED) is 0.832. The summed E-state index contributed by atoms with van der Waals surface area (Å²) in [6.07, 6.45) is 0. The summed E-state index contributed by atoms with van der Waals surface area (Å²) in [5.74, 6) is -1.02. The molecule has 0 aromatic heterocycles. The van der Waals surface area contributed by atoms with Gasteiger partial charge in [-0.25, -0.2) is 0 Å². The number of piperazine rings is 1. The minimum Gasteiger partial charge on any atom is -0.368 e. The summed E-state index contributed by atoms with van der Waals surface area (Å²) < 4.78 is 0. The van der Waals surface area contributed by atoms with E-state index in [9.17, 15) is 9.59 Å². The van der Waals surface area contributed by atoms with Crippen molar-refractivity contribution in [3.63, 3.8) is 0 Å². The Hall–Kier alpha value is -2.82. The molecule has 1 heterocycles. The Morgan fingerprint density at radius 2 is 1.37 bits per heavy atom. The predicted octanol–water partition coefficient (Wildman–Crippen LogP) is 3.21. The van der Waals surface area contributed by atoms with Crippen molar-refractivity contribution in [1.29, 1.82) is 0 Å². The zero-order valence-electron chi connectivity index (χ0n) is 16.5. The summed E-state index contributed by atoms with van der Waals surface area (Å²) in [5.41, 5.74) is 6.38. The van der Waals surface area contributed by atoms with Crippen molar-refractivity contribution in [2.75, 3.05) is 36.4 Å². The third-order valence-corrected chi connectivity index (χ3v) is 5.40. The van der Waals surface area contributed by atoms with E-state index < -0.39 is 11.8 Å². The van der Waals surface area contributed by atoms with E-state index in [0.717, 1.165) is 29.9 Å². The van der Waals surface area contributed by atoms with Crippen molar-refractivity contribution in [2.45, 2.75) is 27.7 Å². The predicted molar refractivity (Wildman–Crippen MR) is 109 cm³/mol. The topological polar surface area (TPSA) is 52.7 Å². The molecule has 0 unspecified atom stereocenters. The average molecular weight is 365 g/mol. The molecule has 1 aliphatic heterocycles. The minimum absolute atomic E-state index is 0.460. The number of benzene rings is 2. The molecule has 5 heteroatoms. The number of amides is 2. The highest BCUT2D eigenvalue weighted by Crippen LogP contribution is 2.24. The molecule has 1 N–H and O–H groups in total. The fourth-order valence-corrected chi connectivity index (χ4v) is 3.55. The van der Waals surface area contributed by atoms with Crippen LogP contribution >= 0.6 is 0 Å². The Balaban J connectivity index is 1.63. The van der Waals surface area contributed by atoms with Gasteiger partial charge >= 0.3 is 11.8 Å². The number of anilines is 2. The maximum atomic E-state index is 12.6. The second kappa shape index (κ2) is 7.82. The zero-order valence-corrected chi connectivity index (χ0v) is 16.5. The van der Waals surface area contributed by atoms with Crippen molar-refractivity contribution in [3.8, 4) is 0 Å². The first kappa shape index (κ1) is 19.0. The van der Waals surface area contributed by atoms with Gasteiger partial charge in [-0.05, 0) is 56.0 Å². The van der Waals surface area contributed by atoms with Crippen LogP contribution in [0.3, 0.4) is 0 Å². The Kier molecular flexibility index (Phi) is 5.49. The van der Waals surface area contributed by atoms with E-state index >= 15 is 0 Å². The van der Waals surface area contributed by atoms with Gasteiger partial charge in [0.2, 0.25) is 0 Å². The fraction of sp³-hybridized carbons (Fsp3) is 0.364. The zero-order chi connectivity index (χ0) is 19.6. The molecule has 142 valence electrons. The lowest BCUT2D eigenvalue weighted by atomic mass is 10.1. The molecule has 2 amide bonds. The van der Waals surface area contributed by atoms with Crippen molar-refractivity contribution in [2.24, 2.45) is 0 Å². The van der Waals surface area contributed by atoms with Crippen LogP contribution in [0.25, 0.3) is 0 Å². The number of rotatable bonds is 2. The lowest BCUT2D eigenvalue weighted by molar-refractivity contribution is -0.143. The first-order valence-corrected chi connectivity index (χ1v) is 9.36. The summed E-state index contributed by atoms with van der Waals surface area (Å²) >= 11 is 0. The van der Waals surface area contributed by atoms with Gasteiger partial charge in [-0.2, -0.15) is 0 Å². The highest BCUT2D eigenvalue weighted by Gasteiger charge is 2.27. The second-order valence-corrected chi connectivity index (χ2v) is 7.22. The fourth-order valence-electron chi connectivity index (χ4n) is 3.55. The van der Waals surface area contributed by atoms with E-state index in [2.05, 4.69) is 42.3 Å². The summed E-state index contributed by atoms with van der Waals surface area (Å²) in [6.45, 7) is 10.6. The molecular weight excluding hydrogens is 338 g/mol. The Morgan fingerprint density at radius 3 is 2.00 bits per heavy atom. The van der Waals surface area contributed by atoms with E-state index in [1.54, 1.807) is 4.90 Å². The van der Waals surface area contributed by atoms with Gasteiger partial charge in [-0.3, -0.25) is 9.59 Å². The highest BCUT2D eigenvalue weighted by atomic mass is 16.2. The van der Waals surface area contributed by atoms with E-state index in [1.165, 1.54) is 16.8 Å². The van der Waals surface area contributed by atoms with Gasteiger partial charge in [0.25, 0.3) is 0 Å². The standard InChI is InChI=1S/C22H27N3O2/c1-15-7-6-10-19(18(15)4)24-11-13-25(14-12-24)22(27)21(26)23-20-16(2)8-5-9-17(20)3/h5-10H,11-14H2,1-4H3,(H,23,26). The van der Waals surface area contributed by atoms with Crippen LogP contribution < -0.4 is 10.2 Å². The normalized spacial score (nSPS) is 14.2. The third-order valence-electron chi connectivity index (χ3n) is 5.40. The van der Waals surface area contributed by atoms with E-state index in [-0.39, 0.29) is 0 Å². The summed E-state index contributed by atoms with van der Waals surface area (Å²) in [4.78, 5) is 29.0. The maximum Gasteiger partial charge on any atom is 0.313 e. The molecule has 0 radical (unpaired) electrons. The SMILES string of the molecule is Cc1cccc(N2CCN(C(=O)C(=O)Nc3c(C)cccc3C)CC2)c1C. The summed E-state index contributed by atoms with van der Waals surface area (Å²) in [6, 6.07) is 12.1. The van der Waals surface area contributed by atoms with Crippen molar-refractivity contribution >= 4 is 23.2 Å². The minimum atomic E-state index is -0.562. The van der Waals surface area contributed by atoms with Gasteiger partial charge in [0.1, 0.15) is 0 Å². The number of hydrogen-bond donors (Lipinski definition) is 1. The van der Waals surface area contributed by atoms with E-state index in [0.29, 0.717) is 13.1 Å². The molecule has 1 saturated heterocycles. The molecule has 0 saturated carbocycles. The van der Waals surface area contributed by atoms with Crippen LogP contribution in [0.15, 0.2) is 36.4 Å². The second-order valence-electron chi connectivity index (χ2n) is 7.22. The number of carbonyl (C=O) groups excluding carboxylic acids is 2. The maximum absolute atomic E-state index is 12.6. The van der Waals surface area contributed by atoms with Crippen LogP contribution in [-0.4, -0.2) is 42.9 Å². The van der Waals surface area contributed by atoms with Crippen molar-refractivity contribution in [1.82, 2.24) is 4.90 Å². The Bertz CT molecular complexity index is 848. The van der Waals surface area contributed by atoms with Crippen LogP contribution in [0.2, 0.25) is 0 Å². The number of aryl methyl sites for hydroxylation is 3. The largest absolute Gasteiger partial charge is 0.368 e. The lowest BCUT2D eigenvalue weighted by Gasteiger charge is -2.36. The van der Waals surface area contributed by atoms with Gasteiger partial charge in [-0.1, -0.05) is 30.3 Å². The molecule has 2 aromatic carbocycles. The number of nitrogens with one attached hydrogen (secondary N) is 1. The highest BCUT2D eigenvalue weighted by molar-refractivity contribution is 6.39. The smallest absolute Gasteiger partial charge is 0.313 e. The monoisotopic (exact) mass is 365 g/mol. The molecule has 2 aromatic rings. The average Bonchev–Trinajstić information content (AvgIpc) is 2.66. The van der Waals surface area contributed by atoms with E-state index in [1.807, 2.05) is 32.0 Å². The van der Waals surface area contributed by atoms with Crippen LogP contribution in [0.4, 0.5) is 11.4 Å². The van der Waals surface area contributed by atoms with Gasteiger partial charge in [0.05, 0.1) is 0 Å². The molecule has 0 aliphatic carbocycles. The molecular formula is C22H27N3O2. The Morgan fingerprint density at radius 1 is 0.815 bits per heavy atom. The van der Waals surface area contributed by atoms with Gasteiger partial charge in [0.15, 0.2) is 0 Å². The molecule has 0 spiro atoms. The van der Waals surface area contributed by atoms with Crippen LogP contribution in [-0.2, 0) is 9.59 Å². The summed E-state index contributed by atoms with van der Waals surface area (Å²) in [7, 11) is 0. The molecule has 5 nitrogen and oxygen atoms in total. The number of carbonyl (C=O) groups is 2. The first-order chi connectivity index (χ1) is 12.9. The van der Waals surface area contributed by atoms with Gasteiger partial charge in [-0.15, -0.1) is 0 Å². The Labute approximate surface area is 161 Å².